The Hall–Kier alpha value is -4.64. The fourth-order valence-corrected chi connectivity index (χ4v) is 4.65. The van der Waals surface area contributed by atoms with E-state index < -0.39 is 22.0 Å². The molecule has 11 heteroatoms. The highest BCUT2D eigenvalue weighted by molar-refractivity contribution is 7.95. The summed E-state index contributed by atoms with van der Waals surface area (Å²) >= 11 is 0. The molecule has 3 rings (SSSR count). The Morgan fingerprint density at radius 3 is 2.28 bits per heavy atom. The third kappa shape index (κ3) is 6.70. The van der Waals surface area contributed by atoms with Gasteiger partial charge in [0.15, 0.2) is 5.96 Å². The molecule has 0 saturated heterocycles. The lowest BCUT2D eigenvalue weighted by atomic mass is 10.1. The topological polar surface area (TPSA) is 168 Å². The van der Waals surface area contributed by atoms with Crippen molar-refractivity contribution in [1.29, 1.82) is 0 Å². The summed E-state index contributed by atoms with van der Waals surface area (Å²) in [4.78, 5) is 28.0. The smallest absolute Gasteiger partial charge is 0.327 e. The molecule has 10 nitrogen and oxygen atoms in total. The zero-order chi connectivity index (χ0) is 26.3. The Kier molecular flexibility index (Phi) is 8.07. The summed E-state index contributed by atoms with van der Waals surface area (Å²) < 4.78 is 26.9. The van der Waals surface area contributed by atoms with Crippen LogP contribution in [0, 0.1) is 0 Å². The van der Waals surface area contributed by atoms with E-state index in [2.05, 4.69) is 10.3 Å². The zero-order valence-electron chi connectivity index (χ0n) is 19.3. The van der Waals surface area contributed by atoms with Crippen molar-refractivity contribution in [2.24, 2.45) is 16.5 Å². The molecular formula is C25H25N5O5S. The third-order valence-electron chi connectivity index (χ3n) is 4.96. The van der Waals surface area contributed by atoms with Crippen molar-refractivity contribution in [3.05, 3.63) is 95.4 Å². The second kappa shape index (κ2) is 11.2. The van der Waals surface area contributed by atoms with Crippen LogP contribution in [0.3, 0.4) is 0 Å². The fraction of sp³-hybridized carbons (Fsp3) is 0.0800. The molecule has 0 aromatic heterocycles. The summed E-state index contributed by atoms with van der Waals surface area (Å²) in [6.07, 6.45) is 1.35. The molecular weight excluding hydrogens is 482 g/mol. The number of rotatable bonds is 9. The first-order valence-corrected chi connectivity index (χ1v) is 12.2. The monoisotopic (exact) mass is 507 g/mol. The van der Waals surface area contributed by atoms with Crippen LogP contribution in [0.4, 0.5) is 17.1 Å². The first kappa shape index (κ1) is 26.0. The molecule has 3 aromatic rings. The molecule has 0 fully saturated rings. The van der Waals surface area contributed by atoms with Gasteiger partial charge in [-0.05, 0) is 61.0 Å². The van der Waals surface area contributed by atoms with Gasteiger partial charge in [0.05, 0.1) is 16.8 Å². The molecule has 0 spiro atoms. The summed E-state index contributed by atoms with van der Waals surface area (Å²) in [7, 11) is -4.12. The third-order valence-corrected chi connectivity index (χ3v) is 6.52. The summed E-state index contributed by atoms with van der Waals surface area (Å²) in [5.41, 5.74) is 12.8. The second-order valence-electron chi connectivity index (χ2n) is 7.66. The highest BCUT2D eigenvalue weighted by Crippen LogP contribution is 2.23. The highest BCUT2D eigenvalue weighted by atomic mass is 32.2. The van der Waals surface area contributed by atoms with Crippen molar-refractivity contribution < 1.29 is 23.1 Å². The van der Waals surface area contributed by atoms with Gasteiger partial charge < -0.3 is 21.9 Å². The number of carbonyl (C=O) groups excluding carboxylic acids is 1. The summed E-state index contributed by atoms with van der Waals surface area (Å²) in [5, 5.41) is 13.1. The SMILES string of the molecule is C[C@@H](C(=O)O)N(c1ccccc1)S(=O)(=O)C=Cc1ccc(NC(=O)c2cccc(N=C(N)N)c2)cc1. The van der Waals surface area contributed by atoms with Crippen molar-refractivity contribution >= 4 is 51.0 Å². The van der Waals surface area contributed by atoms with Crippen LogP contribution < -0.4 is 21.1 Å². The van der Waals surface area contributed by atoms with Crippen LogP contribution in [-0.4, -0.2) is 37.4 Å². The van der Waals surface area contributed by atoms with E-state index in [1.165, 1.54) is 31.2 Å². The predicted molar refractivity (Wildman–Crippen MR) is 140 cm³/mol. The minimum absolute atomic E-state index is 0.123. The van der Waals surface area contributed by atoms with Crippen molar-refractivity contribution in [2.75, 3.05) is 9.62 Å². The van der Waals surface area contributed by atoms with Gasteiger partial charge in [0.2, 0.25) is 0 Å². The van der Waals surface area contributed by atoms with Crippen LogP contribution in [-0.2, 0) is 14.8 Å². The normalized spacial score (nSPS) is 12.0. The van der Waals surface area contributed by atoms with Crippen molar-refractivity contribution in [3.8, 4) is 0 Å². The number of hydrogen-bond acceptors (Lipinski definition) is 5. The first-order valence-electron chi connectivity index (χ1n) is 10.7. The largest absolute Gasteiger partial charge is 0.480 e. The van der Waals surface area contributed by atoms with Gasteiger partial charge in [-0.15, -0.1) is 0 Å². The number of nitrogens with one attached hydrogen (secondary N) is 1. The highest BCUT2D eigenvalue weighted by Gasteiger charge is 2.30. The van der Waals surface area contributed by atoms with E-state index in [4.69, 9.17) is 11.5 Å². The number of amides is 1. The fourth-order valence-electron chi connectivity index (χ4n) is 3.24. The Morgan fingerprint density at radius 2 is 1.67 bits per heavy atom. The number of hydrogen-bond donors (Lipinski definition) is 4. The molecule has 0 heterocycles. The number of para-hydroxylation sites is 1. The molecule has 1 amide bonds. The van der Waals surface area contributed by atoms with Gasteiger partial charge in [0.25, 0.3) is 15.9 Å². The van der Waals surface area contributed by atoms with Gasteiger partial charge in [-0.3, -0.25) is 9.10 Å². The van der Waals surface area contributed by atoms with Crippen molar-refractivity contribution in [1.82, 2.24) is 0 Å². The van der Waals surface area contributed by atoms with Crippen molar-refractivity contribution in [2.45, 2.75) is 13.0 Å². The maximum atomic E-state index is 13.0. The van der Waals surface area contributed by atoms with E-state index in [1.54, 1.807) is 60.7 Å². The predicted octanol–water partition coefficient (Wildman–Crippen LogP) is 3.12. The van der Waals surface area contributed by atoms with Crippen LogP contribution in [0.2, 0.25) is 0 Å². The Balaban J connectivity index is 1.76. The molecule has 6 N–H and O–H groups in total. The number of sulfonamides is 1. The number of carbonyl (C=O) groups is 2. The van der Waals surface area contributed by atoms with E-state index in [0.29, 0.717) is 22.5 Å². The van der Waals surface area contributed by atoms with Crippen LogP contribution >= 0.6 is 0 Å². The number of carboxylic acids is 1. The van der Waals surface area contributed by atoms with E-state index in [9.17, 15) is 23.1 Å². The average Bonchev–Trinajstić information content (AvgIpc) is 2.84. The minimum atomic E-state index is -4.12. The number of aliphatic carboxylic acids is 1. The number of nitrogens with zero attached hydrogens (tertiary/aromatic N) is 2. The Morgan fingerprint density at radius 1 is 1.00 bits per heavy atom. The number of anilines is 2. The van der Waals surface area contributed by atoms with E-state index in [-0.39, 0.29) is 17.6 Å². The molecule has 0 aliphatic rings. The molecule has 0 aliphatic heterocycles. The van der Waals surface area contributed by atoms with E-state index >= 15 is 0 Å². The first-order chi connectivity index (χ1) is 17.1. The molecule has 0 saturated carbocycles. The maximum absolute atomic E-state index is 13.0. The van der Waals surface area contributed by atoms with Gasteiger partial charge in [-0.1, -0.05) is 36.4 Å². The van der Waals surface area contributed by atoms with Gasteiger partial charge >= 0.3 is 5.97 Å². The molecule has 36 heavy (non-hydrogen) atoms. The summed E-state index contributed by atoms with van der Waals surface area (Å²) in [6.45, 7) is 1.30. The van der Waals surface area contributed by atoms with Crippen molar-refractivity contribution in [3.63, 3.8) is 0 Å². The van der Waals surface area contributed by atoms with Crippen LogP contribution in [0.1, 0.15) is 22.8 Å². The number of guanidine groups is 1. The number of benzene rings is 3. The van der Waals surface area contributed by atoms with Gasteiger partial charge in [-0.25, -0.2) is 18.2 Å². The number of aliphatic imine (C=N–C) groups is 1. The van der Waals surface area contributed by atoms with Gasteiger partial charge in [0, 0.05) is 11.3 Å². The minimum Gasteiger partial charge on any atom is -0.480 e. The molecule has 0 radical (unpaired) electrons. The van der Waals surface area contributed by atoms with Crippen LogP contribution in [0.5, 0.6) is 0 Å². The zero-order valence-corrected chi connectivity index (χ0v) is 20.1. The lowest BCUT2D eigenvalue weighted by Gasteiger charge is -2.26. The molecule has 0 unspecified atom stereocenters. The lowest BCUT2D eigenvalue weighted by molar-refractivity contribution is -0.137. The van der Waals surface area contributed by atoms with Gasteiger partial charge in [0.1, 0.15) is 6.04 Å². The van der Waals surface area contributed by atoms with E-state index in [0.717, 1.165) is 9.71 Å². The van der Waals surface area contributed by atoms with Crippen LogP contribution in [0.15, 0.2) is 89.3 Å². The molecule has 0 bridgehead atoms. The standard InChI is InChI=1S/C25H25N5O5S/c1-17(24(32)33)30(22-8-3-2-4-9-22)36(34,35)15-14-18-10-12-20(13-11-18)28-23(31)19-6-5-7-21(16-19)29-25(26)27/h2-17H,1H3,(H,28,31)(H,32,33)(H4,26,27,29)/t17-/m0/s1. The van der Waals surface area contributed by atoms with Crippen LogP contribution in [0.25, 0.3) is 6.08 Å². The summed E-state index contributed by atoms with van der Waals surface area (Å²) in [5.74, 6) is -1.78. The lowest BCUT2D eigenvalue weighted by Crippen LogP contribution is -2.42. The Bertz CT molecular complexity index is 1400. The van der Waals surface area contributed by atoms with E-state index in [1.807, 2.05) is 0 Å². The average molecular weight is 508 g/mol. The quantitative estimate of drug-likeness (QED) is 0.255. The molecule has 186 valence electrons. The number of carboxylic acid groups (broad SMARTS) is 1. The number of nitrogens with two attached hydrogens (primary N) is 2. The molecule has 1 atom stereocenters. The maximum Gasteiger partial charge on any atom is 0.327 e. The molecule has 0 aliphatic carbocycles. The van der Waals surface area contributed by atoms with Gasteiger partial charge in [-0.2, -0.15) is 0 Å². The second-order valence-corrected chi connectivity index (χ2v) is 9.35. The molecule has 3 aromatic carbocycles. The Labute approximate surface area is 208 Å². The summed E-state index contributed by atoms with van der Waals surface area (Å²) in [6, 6.07) is 19.6.